The average molecular weight is 189 g/mol. The molecule has 1 aliphatic rings. The summed E-state index contributed by atoms with van der Waals surface area (Å²) in [6, 6.07) is 1.97. The summed E-state index contributed by atoms with van der Waals surface area (Å²) < 4.78 is 0.819. The van der Waals surface area contributed by atoms with Crippen molar-refractivity contribution in [3.63, 3.8) is 0 Å². The van der Waals surface area contributed by atoms with Gasteiger partial charge >= 0.3 is 0 Å². The first kappa shape index (κ1) is 7.59. The van der Waals surface area contributed by atoms with Crippen molar-refractivity contribution < 1.29 is 5.11 Å². The second-order valence-corrected chi connectivity index (χ2v) is 4.62. The lowest BCUT2D eigenvalue weighted by Gasteiger charge is -2.07. The molecular formula is C8H9ClOS. The lowest BCUT2D eigenvalue weighted by atomic mass is 10.0. The first-order chi connectivity index (χ1) is 5.27. The number of hydrogen-bond donors (Lipinski definition) is 1. The van der Waals surface area contributed by atoms with Crippen LogP contribution in [0, 0.1) is 0 Å². The van der Waals surface area contributed by atoms with Crippen molar-refractivity contribution in [2.24, 2.45) is 0 Å². The zero-order chi connectivity index (χ0) is 7.90. The van der Waals surface area contributed by atoms with Crippen molar-refractivity contribution >= 4 is 22.9 Å². The molecule has 0 radical (unpaired) electrons. The largest absolute Gasteiger partial charge is 0.395 e. The quantitative estimate of drug-likeness (QED) is 0.756. The van der Waals surface area contributed by atoms with Crippen molar-refractivity contribution in [1.82, 2.24) is 0 Å². The predicted molar refractivity (Wildman–Crippen MR) is 47.3 cm³/mol. The van der Waals surface area contributed by atoms with Crippen LogP contribution in [0.15, 0.2) is 11.4 Å². The SMILES string of the molecule is OCC1(c2csc(Cl)c2)CC1. The molecule has 0 unspecified atom stereocenters. The van der Waals surface area contributed by atoms with E-state index in [1.165, 1.54) is 5.56 Å². The highest BCUT2D eigenvalue weighted by Gasteiger charge is 2.44. The Balaban J connectivity index is 2.29. The van der Waals surface area contributed by atoms with E-state index >= 15 is 0 Å². The number of hydrogen-bond acceptors (Lipinski definition) is 2. The molecule has 0 aliphatic heterocycles. The van der Waals surface area contributed by atoms with Crippen LogP contribution < -0.4 is 0 Å². The predicted octanol–water partition coefficient (Wildman–Crippen LogP) is 2.43. The summed E-state index contributed by atoms with van der Waals surface area (Å²) in [6.07, 6.45) is 2.22. The Morgan fingerprint density at radius 2 is 2.36 bits per heavy atom. The molecule has 1 aromatic rings. The van der Waals surface area contributed by atoms with E-state index < -0.39 is 0 Å². The Kier molecular flexibility index (Phi) is 1.71. The second kappa shape index (κ2) is 2.47. The van der Waals surface area contributed by atoms with Gasteiger partial charge < -0.3 is 5.11 Å². The van der Waals surface area contributed by atoms with Crippen LogP contribution in [0.1, 0.15) is 18.4 Å². The van der Waals surface area contributed by atoms with Gasteiger partial charge in [0, 0.05) is 5.41 Å². The Morgan fingerprint density at radius 3 is 2.73 bits per heavy atom. The molecule has 0 spiro atoms. The lowest BCUT2D eigenvalue weighted by Crippen LogP contribution is -2.09. The molecule has 1 heterocycles. The summed E-state index contributed by atoms with van der Waals surface area (Å²) in [5, 5.41) is 11.1. The molecule has 60 valence electrons. The van der Waals surface area contributed by atoms with E-state index in [-0.39, 0.29) is 12.0 Å². The summed E-state index contributed by atoms with van der Waals surface area (Å²) in [4.78, 5) is 0. The molecule has 0 atom stereocenters. The van der Waals surface area contributed by atoms with Crippen molar-refractivity contribution in [1.29, 1.82) is 0 Å². The fourth-order valence-electron chi connectivity index (χ4n) is 1.28. The minimum Gasteiger partial charge on any atom is -0.395 e. The molecule has 1 aromatic heterocycles. The van der Waals surface area contributed by atoms with E-state index in [0.717, 1.165) is 17.2 Å². The standard InChI is InChI=1S/C8H9ClOS/c9-7-3-6(4-11-7)8(5-10)1-2-8/h3-4,10H,1-2,5H2. The monoisotopic (exact) mass is 188 g/mol. The molecule has 3 heteroatoms. The van der Waals surface area contributed by atoms with Crippen LogP contribution in [-0.4, -0.2) is 11.7 Å². The van der Waals surface area contributed by atoms with Gasteiger partial charge in [0.2, 0.25) is 0 Å². The van der Waals surface area contributed by atoms with Crippen LogP contribution in [0.4, 0.5) is 0 Å². The molecule has 11 heavy (non-hydrogen) atoms. The van der Waals surface area contributed by atoms with Gasteiger partial charge in [-0.2, -0.15) is 0 Å². The molecule has 1 nitrogen and oxygen atoms in total. The fourth-order valence-corrected chi connectivity index (χ4v) is 2.28. The molecule has 0 bridgehead atoms. The first-order valence-corrected chi connectivity index (χ1v) is 4.88. The van der Waals surface area contributed by atoms with Gasteiger partial charge in [0.25, 0.3) is 0 Å². The van der Waals surface area contributed by atoms with Gasteiger partial charge in [-0.1, -0.05) is 11.6 Å². The van der Waals surface area contributed by atoms with Gasteiger partial charge in [0.15, 0.2) is 0 Å². The Morgan fingerprint density at radius 1 is 1.64 bits per heavy atom. The van der Waals surface area contributed by atoms with Gasteiger partial charge in [-0.25, -0.2) is 0 Å². The van der Waals surface area contributed by atoms with Crippen LogP contribution in [0.3, 0.4) is 0 Å². The molecule has 1 aliphatic carbocycles. The zero-order valence-electron chi connectivity index (χ0n) is 6.01. The molecule has 0 aromatic carbocycles. The average Bonchev–Trinajstić information content (AvgIpc) is 2.70. The molecule has 1 N–H and O–H groups in total. The summed E-state index contributed by atoms with van der Waals surface area (Å²) in [5.74, 6) is 0. The summed E-state index contributed by atoms with van der Waals surface area (Å²) in [5.41, 5.74) is 1.30. The Labute approximate surface area is 74.6 Å². The number of halogens is 1. The summed E-state index contributed by atoms with van der Waals surface area (Å²) in [6.45, 7) is 0.264. The van der Waals surface area contributed by atoms with Crippen molar-refractivity contribution in [2.45, 2.75) is 18.3 Å². The maximum Gasteiger partial charge on any atom is 0.0931 e. The van der Waals surface area contributed by atoms with Crippen LogP contribution in [0.5, 0.6) is 0 Å². The number of aliphatic hydroxyl groups is 1. The van der Waals surface area contributed by atoms with Crippen molar-refractivity contribution in [3.05, 3.63) is 21.3 Å². The van der Waals surface area contributed by atoms with Gasteiger partial charge in [0.1, 0.15) is 0 Å². The molecule has 1 saturated carbocycles. The smallest absolute Gasteiger partial charge is 0.0931 e. The third-order valence-corrected chi connectivity index (χ3v) is 3.43. The van der Waals surface area contributed by atoms with Crippen molar-refractivity contribution in [3.8, 4) is 0 Å². The van der Waals surface area contributed by atoms with Crippen LogP contribution in [0.25, 0.3) is 0 Å². The van der Waals surface area contributed by atoms with Crippen LogP contribution in [-0.2, 0) is 5.41 Å². The summed E-state index contributed by atoms with van der Waals surface area (Å²) >= 11 is 7.33. The van der Waals surface area contributed by atoms with E-state index in [0.29, 0.717) is 0 Å². The van der Waals surface area contributed by atoms with Gasteiger partial charge in [-0.3, -0.25) is 0 Å². The first-order valence-electron chi connectivity index (χ1n) is 3.62. The zero-order valence-corrected chi connectivity index (χ0v) is 7.58. The second-order valence-electron chi connectivity index (χ2n) is 3.08. The lowest BCUT2D eigenvalue weighted by molar-refractivity contribution is 0.255. The minimum absolute atomic E-state index is 0.0869. The molecule has 2 rings (SSSR count). The normalized spacial score (nSPS) is 20.2. The van der Waals surface area contributed by atoms with E-state index in [4.69, 9.17) is 16.7 Å². The number of thiophene rings is 1. The maximum atomic E-state index is 9.08. The highest BCUT2D eigenvalue weighted by Crippen LogP contribution is 2.49. The topological polar surface area (TPSA) is 20.2 Å². The van der Waals surface area contributed by atoms with E-state index in [1.807, 2.05) is 11.4 Å². The van der Waals surface area contributed by atoms with E-state index in [2.05, 4.69) is 0 Å². The maximum absolute atomic E-state index is 9.08. The van der Waals surface area contributed by atoms with Crippen LogP contribution >= 0.6 is 22.9 Å². The van der Waals surface area contributed by atoms with Gasteiger partial charge in [-0.05, 0) is 29.9 Å². The molecular weight excluding hydrogens is 180 g/mol. The third-order valence-electron chi connectivity index (χ3n) is 2.34. The Hall–Kier alpha value is -0.0500. The fraction of sp³-hybridized carbons (Fsp3) is 0.500. The minimum atomic E-state index is 0.0869. The summed E-state index contributed by atoms with van der Waals surface area (Å²) in [7, 11) is 0. The van der Waals surface area contributed by atoms with E-state index in [1.54, 1.807) is 11.3 Å². The van der Waals surface area contributed by atoms with Crippen LogP contribution in [0.2, 0.25) is 4.34 Å². The van der Waals surface area contributed by atoms with Gasteiger partial charge in [-0.15, -0.1) is 11.3 Å². The highest BCUT2D eigenvalue weighted by atomic mass is 35.5. The van der Waals surface area contributed by atoms with E-state index in [9.17, 15) is 0 Å². The number of rotatable bonds is 2. The highest BCUT2D eigenvalue weighted by molar-refractivity contribution is 7.14. The van der Waals surface area contributed by atoms with Gasteiger partial charge in [0.05, 0.1) is 10.9 Å². The van der Waals surface area contributed by atoms with Crippen molar-refractivity contribution in [2.75, 3.05) is 6.61 Å². The molecule has 1 fully saturated rings. The number of aliphatic hydroxyl groups excluding tert-OH is 1. The Bertz CT molecular complexity index is 265. The third kappa shape index (κ3) is 1.19. The molecule has 0 saturated heterocycles. The molecule has 0 amide bonds.